The number of benzene rings is 1. The van der Waals surface area contributed by atoms with E-state index in [9.17, 15) is 8.42 Å². The second-order valence-electron chi connectivity index (χ2n) is 5.28. The van der Waals surface area contributed by atoms with Gasteiger partial charge in [-0.15, -0.1) is 0 Å². The SMILES string of the molecule is COc1cccc(CCNS(=O)(=O)CCCNC(C)C)c1. The van der Waals surface area contributed by atoms with Crippen LogP contribution >= 0.6 is 0 Å². The quantitative estimate of drug-likeness (QED) is 0.643. The van der Waals surface area contributed by atoms with E-state index in [-0.39, 0.29) is 5.75 Å². The van der Waals surface area contributed by atoms with Gasteiger partial charge >= 0.3 is 0 Å². The maximum Gasteiger partial charge on any atom is 0.211 e. The fraction of sp³-hybridized carbons (Fsp3) is 0.600. The fourth-order valence-corrected chi connectivity index (χ4v) is 2.99. The van der Waals surface area contributed by atoms with Gasteiger partial charge in [0.05, 0.1) is 12.9 Å². The highest BCUT2D eigenvalue weighted by molar-refractivity contribution is 7.89. The van der Waals surface area contributed by atoms with E-state index in [1.807, 2.05) is 38.1 Å². The van der Waals surface area contributed by atoms with Crippen LogP contribution in [0.15, 0.2) is 24.3 Å². The zero-order chi connectivity index (χ0) is 15.7. The molecule has 5 nitrogen and oxygen atoms in total. The van der Waals surface area contributed by atoms with Gasteiger partial charge in [0, 0.05) is 12.6 Å². The molecule has 0 spiro atoms. The van der Waals surface area contributed by atoms with Gasteiger partial charge in [0.1, 0.15) is 5.75 Å². The van der Waals surface area contributed by atoms with Crippen LogP contribution in [0.2, 0.25) is 0 Å². The van der Waals surface area contributed by atoms with E-state index < -0.39 is 10.0 Å². The molecule has 0 bridgehead atoms. The number of hydrogen-bond donors (Lipinski definition) is 2. The molecular formula is C15H26N2O3S. The first-order chi connectivity index (χ1) is 9.93. The Labute approximate surface area is 128 Å². The van der Waals surface area contributed by atoms with Crippen molar-refractivity contribution in [3.8, 4) is 5.75 Å². The van der Waals surface area contributed by atoms with E-state index in [4.69, 9.17) is 4.74 Å². The average molecular weight is 314 g/mol. The lowest BCUT2D eigenvalue weighted by molar-refractivity contribution is 0.414. The Bertz CT molecular complexity index is 515. The summed E-state index contributed by atoms with van der Waals surface area (Å²) < 4.78 is 31.4. The Kier molecular flexibility index (Phi) is 7.71. The fourth-order valence-electron chi connectivity index (χ4n) is 1.90. The number of hydrogen-bond acceptors (Lipinski definition) is 4. The Morgan fingerprint density at radius 2 is 2.00 bits per heavy atom. The minimum atomic E-state index is -3.19. The smallest absolute Gasteiger partial charge is 0.211 e. The summed E-state index contributed by atoms with van der Waals surface area (Å²) in [6, 6.07) is 8.04. The Morgan fingerprint density at radius 3 is 2.67 bits per heavy atom. The maximum absolute atomic E-state index is 11.8. The molecule has 2 N–H and O–H groups in total. The van der Waals surface area contributed by atoms with Crippen LogP contribution in [0.4, 0.5) is 0 Å². The van der Waals surface area contributed by atoms with Crippen molar-refractivity contribution < 1.29 is 13.2 Å². The van der Waals surface area contributed by atoms with Crippen LogP contribution in [-0.2, 0) is 16.4 Å². The van der Waals surface area contributed by atoms with Gasteiger partial charge in [-0.25, -0.2) is 13.1 Å². The molecule has 0 aliphatic carbocycles. The molecule has 0 atom stereocenters. The Hall–Kier alpha value is -1.11. The predicted octanol–water partition coefficient (Wildman–Crippen LogP) is 1.55. The van der Waals surface area contributed by atoms with E-state index >= 15 is 0 Å². The largest absolute Gasteiger partial charge is 0.497 e. The van der Waals surface area contributed by atoms with Crippen LogP contribution in [-0.4, -0.2) is 40.4 Å². The summed E-state index contributed by atoms with van der Waals surface area (Å²) in [5, 5.41) is 3.21. The minimum Gasteiger partial charge on any atom is -0.497 e. The topological polar surface area (TPSA) is 67.4 Å². The first-order valence-electron chi connectivity index (χ1n) is 7.26. The molecule has 0 saturated carbocycles. The monoisotopic (exact) mass is 314 g/mol. The molecule has 0 unspecified atom stereocenters. The zero-order valence-electron chi connectivity index (χ0n) is 13.1. The molecule has 0 radical (unpaired) electrons. The normalized spacial score (nSPS) is 11.8. The van der Waals surface area contributed by atoms with Crippen molar-refractivity contribution in [1.29, 1.82) is 0 Å². The van der Waals surface area contributed by atoms with Gasteiger partial charge < -0.3 is 10.1 Å². The summed E-state index contributed by atoms with van der Waals surface area (Å²) in [6.07, 6.45) is 1.27. The van der Waals surface area contributed by atoms with E-state index in [0.29, 0.717) is 32.0 Å². The summed E-state index contributed by atoms with van der Waals surface area (Å²) in [6.45, 7) is 5.21. The van der Waals surface area contributed by atoms with E-state index in [0.717, 1.165) is 11.3 Å². The molecule has 1 aromatic carbocycles. The number of nitrogens with one attached hydrogen (secondary N) is 2. The molecule has 0 aromatic heterocycles. The van der Waals surface area contributed by atoms with Crippen LogP contribution in [0.25, 0.3) is 0 Å². The first kappa shape index (κ1) is 17.9. The van der Waals surface area contributed by atoms with Crippen LogP contribution in [0, 0.1) is 0 Å². The van der Waals surface area contributed by atoms with Crippen molar-refractivity contribution in [2.45, 2.75) is 32.7 Å². The maximum atomic E-state index is 11.8. The Balaban J connectivity index is 2.29. The van der Waals surface area contributed by atoms with Gasteiger partial charge in [-0.2, -0.15) is 0 Å². The van der Waals surface area contributed by atoms with Crippen molar-refractivity contribution in [1.82, 2.24) is 10.0 Å². The van der Waals surface area contributed by atoms with Crippen molar-refractivity contribution >= 4 is 10.0 Å². The predicted molar refractivity (Wildman–Crippen MR) is 86.2 cm³/mol. The summed E-state index contributed by atoms with van der Waals surface area (Å²) in [7, 11) is -1.57. The number of rotatable bonds is 10. The molecule has 0 aliphatic heterocycles. The van der Waals surface area contributed by atoms with Crippen molar-refractivity contribution in [2.24, 2.45) is 0 Å². The van der Waals surface area contributed by atoms with E-state index in [1.54, 1.807) is 7.11 Å². The second kappa shape index (κ2) is 9.02. The minimum absolute atomic E-state index is 0.158. The summed E-state index contributed by atoms with van der Waals surface area (Å²) in [5.41, 5.74) is 1.05. The molecule has 6 heteroatoms. The molecule has 1 rings (SSSR count). The lowest BCUT2D eigenvalue weighted by Crippen LogP contribution is -2.31. The molecule has 0 amide bonds. The molecule has 0 heterocycles. The highest BCUT2D eigenvalue weighted by atomic mass is 32.2. The van der Waals surface area contributed by atoms with Gasteiger partial charge in [0.2, 0.25) is 10.0 Å². The highest BCUT2D eigenvalue weighted by Gasteiger charge is 2.09. The van der Waals surface area contributed by atoms with E-state index in [2.05, 4.69) is 10.0 Å². The summed E-state index contributed by atoms with van der Waals surface area (Å²) in [5.74, 6) is 0.945. The van der Waals surface area contributed by atoms with Gasteiger partial charge in [-0.05, 0) is 37.1 Å². The van der Waals surface area contributed by atoms with Gasteiger partial charge in [0.25, 0.3) is 0 Å². The van der Waals surface area contributed by atoms with E-state index in [1.165, 1.54) is 0 Å². The average Bonchev–Trinajstić information content (AvgIpc) is 2.43. The molecule has 0 saturated heterocycles. The van der Waals surface area contributed by atoms with Gasteiger partial charge in [0.15, 0.2) is 0 Å². The van der Waals surface area contributed by atoms with Crippen LogP contribution in [0.1, 0.15) is 25.8 Å². The van der Waals surface area contributed by atoms with Gasteiger partial charge in [-0.1, -0.05) is 26.0 Å². The molecular weight excluding hydrogens is 288 g/mol. The molecule has 1 aromatic rings. The molecule has 0 fully saturated rings. The molecule has 120 valence electrons. The lowest BCUT2D eigenvalue weighted by atomic mass is 10.1. The standard InChI is InChI=1S/C15H26N2O3S/c1-13(2)16-9-5-11-21(18,19)17-10-8-14-6-4-7-15(12-14)20-3/h4,6-7,12-13,16-17H,5,8-11H2,1-3H3. The Morgan fingerprint density at radius 1 is 1.24 bits per heavy atom. The van der Waals surface area contributed by atoms with Crippen LogP contribution in [0.5, 0.6) is 5.75 Å². The highest BCUT2D eigenvalue weighted by Crippen LogP contribution is 2.12. The van der Waals surface area contributed by atoms with Crippen LogP contribution < -0.4 is 14.8 Å². The third-order valence-electron chi connectivity index (χ3n) is 3.01. The van der Waals surface area contributed by atoms with Crippen molar-refractivity contribution in [3.05, 3.63) is 29.8 Å². The molecule has 0 aliphatic rings. The third-order valence-corrected chi connectivity index (χ3v) is 4.48. The zero-order valence-corrected chi connectivity index (χ0v) is 13.9. The summed E-state index contributed by atoms with van der Waals surface area (Å²) >= 11 is 0. The van der Waals surface area contributed by atoms with Crippen molar-refractivity contribution in [2.75, 3.05) is 26.0 Å². The number of ether oxygens (including phenoxy) is 1. The van der Waals surface area contributed by atoms with Crippen molar-refractivity contribution in [3.63, 3.8) is 0 Å². The number of sulfonamides is 1. The second-order valence-corrected chi connectivity index (χ2v) is 7.20. The summed E-state index contributed by atoms with van der Waals surface area (Å²) in [4.78, 5) is 0. The first-order valence-corrected chi connectivity index (χ1v) is 8.92. The number of methoxy groups -OCH3 is 1. The van der Waals surface area contributed by atoms with Crippen LogP contribution in [0.3, 0.4) is 0 Å². The van der Waals surface area contributed by atoms with Gasteiger partial charge in [-0.3, -0.25) is 0 Å². The molecule has 21 heavy (non-hydrogen) atoms. The lowest BCUT2D eigenvalue weighted by Gasteiger charge is -2.09. The third kappa shape index (κ3) is 8.04.